The Bertz CT molecular complexity index is 392. The number of aromatic nitrogens is 1. The summed E-state index contributed by atoms with van der Waals surface area (Å²) in [6.45, 7) is 2.42. The van der Waals surface area contributed by atoms with Crippen molar-refractivity contribution in [3.63, 3.8) is 0 Å². The summed E-state index contributed by atoms with van der Waals surface area (Å²) in [7, 11) is 0. The van der Waals surface area contributed by atoms with Gasteiger partial charge in [0.05, 0.1) is 17.8 Å². The molecule has 0 atom stereocenters. The number of nitrogens with one attached hydrogen (secondary N) is 2. The number of aromatic amines is 1. The number of nitrogens with zero attached hydrogens (tertiary/aromatic N) is 1. The SMILES string of the molecule is CC(=O)N1CC2(CC2)Nc2cc[nH]c21. The summed E-state index contributed by atoms with van der Waals surface area (Å²) < 4.78 is 0. The molecule has 2 aliphatic rings. The maximum absolute atomic E-state index is 11.5. The summed E-state index contributed by atoms with van der Waals surface area (Å²) in [5.41, 5.74) is 1.24. The molecular weight excluding hydrogens is 178 g/mol. The van der Waals surface area contributed by atoms with Gasteiger partial charge in [0.2, 0.25) is 5.91 Å². The summed E-state index contributed by atoms with van der Waals surface area (Å²) in [5.74, 6) is 1.02. The van der Waals surface area contributed by atoms with Crippen molar-refractivity contribution < 1.29 is 4.79 Å². The van der Waals surface area contributed by atoms with Crippen LogP contribution in [0.5, 0.6) is 0 Å². The molecule has 3 rings (SSSR count). The average molecular weight is 191 g/mol. The Morgan fingerprint density at radius 1 is 1.57 bits per heavy atom. The molecule has 1 aromatic heterocycles. The molecule has 0 saturated heterocycles. The molecular formula is C10H13N3O. The minimum Gasteiger partial charge on any atom is -0.375 e. The summed E-state index contributed by atoms with van der Waals surface area (Å²) in [5, 5.41) is 3.49. The van der Waals surface area contributed by atoms with E-state index in [2.05, 4.69) is 10.3 Å². The molecule has 1 fully saturated rings. The lowest BCUT2D eigenvalue weighted by atomic mass is 10.1. The molecule has 1 aliphatic heterocycles. The van der Waals surface area contributed by atoms with E-state index in [1.165, 1.54) is 12.8 Å². The Morgan fingerprint density at radius 3 is 3.00 bits per heavy atom. The quantitative estimate of drug-likeness (QED) is 0.649. The lowest BCUT2D eigenvalue weighted by molar-refractivity contribution is -0.116. The third-order valence-corrected chi connectivity index (χ3v) is 3.09. The van der Waals surface area contributed by atoms with Gasteiger partial charge in [-0.25, -0.2) is 0 Å². The predicted molar refractivity (Wildman–Crippen MR) is 54.4 cm³/mol. The predicted octanol–water partition coefficient (Wildman–Crippen LogP) is 1.33. The number of hydrogen-bond donors (Lipinski definition) is 2. The highest BCUT2D eigenvalue weighted by molar-refractivity contribution is 5.95. The summed E-state index contributed by atoms with van der Waals surface area (Å²) >= 11 is 0. The van der Waals surface area contributed by atoms with Crippen LogP contribution in [0.4, 0.5) is 11.5 Å². The van der Waals surface area contributed by atoms with Gasteiger partial charge in [0.15, 0.2) is 0 Å². The first-order chi connectivity index (χ1) is 6.70. The van der Waals surface area contributed by atoms with Gasteiger partial charge in [0, 0.05) is 13.1 Å². The second-order valence-electron chi connectivity index (χ2n) is 4.25. The molecule has 1 saturated carbocycles. The molecule has 0 aromatic carbocycles. The van der Waals surface area contributed by atoms with E-state index in [-0.39, 0.29) is 11.4 Å². The zero-order valence-electron chi connectivity index (χ0n) is 8.13. The molecule has 1 aliphatic carbocycles. The summed E-state index contributed by atoms with van der Waals surface area (Å²) in [6.07, 6.45) is 4.21. The third kappa shape index (κ3) is 0.967. The Kier molecular flexibility index (Phi) is 1.31. The first kappa shape index (κ1) is 7.91. The van der Waals surface area contributed by atoms with Crippen molar-refractivity contribution in [3.8, 4) is 0 Å². The highest BCUT2D eigenvalue weighted by atomic mass is 16.2. The zero-order chi connectivity index (χ0) is 9.76. The molecule has 0 unspecified atom stereocenters. The molecule has 4 heteroatoms. The maximum Gasteiger partial charge on any atom is 0.225 e. The highest BCUT2D eigenvalue weighted by Gasteiger charge is 2.48. The van der Waals surface area contributed by atoms with E-state index >= 15 is 0 Å². The smallest absolute Gasteiger partial charge is 0.225 e. The van der Waals surface area contributed by atoms with Crippen LogP contribution in [0.3, 0.4) is 0 Å². The van der Waals surface area contributed by atoms with Gasteiger partial charge in [-0.05, 0) is 18.9 Å². The lowest BCUT2D eigenvalue weighted by Gasteiger charge is -2.33. The Hall–Kier alpha value is -1.45. The van der Waals surface area contributed by atoms with Crippen molar-refractivity contribution in [1.82, 2.24) is 4.98 Å². The van der Waals surface area contributed by atoms with Gasteiger partial charge in [-0.2, -0.15) is 0 Å². The van der Waals surface area contributed by atoms with E-state index in [0.717, 1.165) is 18.1 Å². The maximum atomic E-state index is 11.5. The molecule has 2 N–H and O–H groups in total. The van der Waals surface area contributed by atoms with Crippen LogP contribution in [0.1, 0.15) is 19.8 Å². The fourth-order valence-electron chi connectivity index (χ4n) is 2.09. The van der Waals surface area contributed by atoms with Crippen molar-refractivity contribution in [3.05, 3.63) is 12.3 Å². The van der Waals surface area contributed by atoms with E-state index in [4.69, 9.17) is 0 Å². The number of H-pyrrole nitrogens is 1. The van der Waals surface area contributed by atoms with Crippen molar-refractivity contribution in [2.45, 2.75) is 25.3 Å². The first-order valence-electron chi connectivity index (χ1n) is 4.94. The van der Waals surface area contributed by atoms with Crippen LogP contribution in [-0.4, -0.2) is 23.0 Å². The topological polar surface area (TPSA) is 48.1 Å². The summed E-state index contributed by atoms with van der Waals surface area (Å²) in [4.78, 5) is 16.4. The molecule has 0 bridgehead atoms. The number of amides is 1. The average Bonchev–Trinajstić information content (AvgIpc) is 2.73. The molecule has 1 amide bonds. The van der Waals surface area contributed by atoms with Gasteiger partial charge >= 0.3 is 0 Å². The van der Waals surface area contributed by atoms with Gasteiger partial charge in [0.25, 0.3) is 0 Å². The molecule has 1 aromatic rings. The number of hydrogen-bond acceptors (Lipinski definition) is 2. The van der Waals surface area contributed by atoms with Crippen LogP contribution in [-0.2, 0) is 4.79 Å². The molecule has 0 radical (unpaired) electrons. The number of carbonyl (C=O) groups is 1. The van der Waals surface area contributed by atoms with E-state index in [0.29, 0.717) is 0 Å². The minimum absolute atomic E-state index is 0.112. The highest BCUT2D eigenvalue weighted by Crippen LogP contribution is 2.45. The normalized spacial score (nSPS) is 21.6. The van der Waals surface area contributed by atoms with Gasteiger partial charge in [0.1, 0.15) is 5.82 Å². The van der Waals surface area contributed by atoms with Crippen LogP contribution >= 0.6 is 0 Å². The van der Waals surface area contributed by atoms with Crippen molar-refractivity contribution in [2.75, 3.05) is 16.8 Å². The fraction of sp³-hybridized carbons (Fsp3) is 0.500. The third-order valence-electron chi connectivity index (χ3n) is 3.09. The van der Waals surface area contributed by atoms with E-state index in [1.807, 2.05) is 17.2 Å². The van der Waals surface area contributed by atoms with E-state index in [1.54, 1.807) is 6.92 Å². The van der Waals surface area contributed by atoms with Crippen molar-refractivity contribution in [1.29, 1.82) is 0 Å². The minimum atomic E-state index is 0.112. The number of rotatable bonds is 0. The van der Waals surface area contributed by atoms with Gasteiger partial charge in [-0.1, -0.05) is 0 Å². The van der Waals surface area contributed by atoms with Gasteiger partial charge < -0.3 is 10.3 Å². The van der Waals surface area contributed by atoms with Gasteiger partial charge in [-0.3, -0.25) is 9.69 Å². The summed E-state index contributed by atoms with van der Waals surface area (Å²) in [6, 6.07) is 1.99. The molecule has 1 spiro atoms. The van der Waals surface area contributed by atoms with Crippen LogP contribution in [0.15, 0.2) is 12.3 Å². The van der Waals surface area contributed by atoms with Crippen LogP contribution in [0, 0.1) is 0 Å². The Balaban J connectivity index is 2.04. The fourth-order valence-corrected chi connectivity index (χ4v) is 2.09. The van der Waals surface area contributed by atoms with Crippen molar-refractivity contribution in [2.24, 2.45) is 0 Å². The number of carbonyl (C=O) groups excluding carboxylic acids is 1. The van der Waals surface area contributed by atoms with E-state index in [9.17, 15) is 4.79 Å². The standard InChI is InChI=1S/C10H13N3O/c1-7(14)13-6-10(3-4-10)12-8-2-5-11-9(8)13/h2,5,11-12H,3-4,6H2,1H3. The molecule has 14 heavy (non-hydrogen) atoms. The molecule has 4 nitrogen and oxygen atoms in total. The monoisotopic (exact) mass is 191 g/mol. The zero-order valence-corrected chi connectivity index (χ0v) is 8.13. The molecule has 2 heterocycles. The number of fused-ring (bicyclic) bond motifs is 1. The van der Waals surface area contributed by atoms with Crippen molar-refractivity contribution >= 4 is 17.4 Å². The first-order valence-corrected chi connectivity index (χ1v) is 4.94. The Labute approximate surface area is 82.3 Å². The van der Waals surface area contributed by atoms with Crippen LogP contribution in [0.2, 0.25) is 0 Å². The van der Waals surface area contributed by atoms with E-state index < -0.39 is 0 Å². The molecule has 74 valence electrons. The lowest BCUT2D eigenvalue weighted by Crippen LogP contribution is -2.45. The number of anilines is 2. The Morgan fingerprint density at radius 2 is 2.36 bits per heavy atom. The van der Waals surface area contributed by atoms with Crippen LogP contribution in [0.25, 0.3) is 0 Å². The largest absolute Gasteiger partial charge is 0.375 e. The van der Waals surface area contributed by atoms with Gasteiger partial charge in [-0.15, -0.1) is 0 Å². The van der Waals surface area contributed by atoms with Crippen LogP contribution < -0.4 is 10.2 Å². The second kappa shape index (κ2) is 2.32. The second-order valence-corrected chi connectivity index (χ2v) is 4.25.